The summed E-state index contributed by atoms with van der Waals surface area (Å²) in [5.74, 6) is 0.874. The Morgan fingerprint density at radius 1 is 1.42 bits per heavy atom. The van der Waals surface area contributed by atoms with Gasteiger partial charge in [0.05, 0.1) is 5.25 Å². The molecule has 2 N–H and O–H groups in total. The van der Waals surface area contributed by atoms with Crippen molar-refractivity contribution in [2.45, 2.75) is 25.0 Å². The van der Waals surface area contributed by atoms with Gasteiger partial charge < -0.3 is 5.73 Å². The summed E-state index contributed by atoms with van der Waals surface area (Å²) in [4.78, 5) is 0. The lowest BCUT2D eigenvalue weighted by atomic mass is 9.99. The molecule has 1 aliphatic rings. The fraction of sp³-hybridized carbons (Fsp3) is 1.00. The zero-order chi connectivity index (χ0) is 9.35. The fourth-order valence-electron chi connectivity index (χ4n) is 1.95. The Balaban J connectivity index is 2.67. The molecule has 0 unspecified atom stereocenters. The second-order valence-electron chi connectivity index (χ2n) is 3.90. The monoisotopic (exact) mass is 191 g/mol. The molecular weight excluding hydrogens is 174 g/mol. The largest absolute Gasteiger partial charge is 0.330 e. The summed E-state index contributed by atoms with van der Waals surface area (Å²) in [7, 11) is -2.83. The van der Waals surface area contributed by atoms with Gasteiger partial charge in [-0.15, -0.1) is 0 Å². The van der Waals surface area contributed by atoms with Gasteiger partial charge in [-0.05, 0) is 31.2 Å². The normalized spacial score (nSPS) is 37.1. The Hall–Kier alpha value is -0.0900. The first kappa shape index (κ1) is 9.99. The third-order valence-electron chi connectivity index (χ3n) is 2.91. The van der Waals surface area contributed by atoms with Crippen molar-refractivity contribution in [3.63, 3.8) is 0 Å². The molecule has 1 saturated carbocycles. The highest BCUT2D eigenvalue weighted by atomic mass is 32.2. The van der Waals surface area contributed by atoms with Crippen LogP contribution < -0.4 is 5.73 Å². The molecule has 4 heteroatoms. The van der Waals surface area contributed by atoms with Crippen LogP contribution in [0.5, 0.6) is 0 Å². The molecule has 0 aliphatic heterocycles. The molecule has 72 valence electrons. The molecule has 1 rings (SSSR count). The maximum Gasteiger partial charge on any atom is 0.150 e. The van der Waals surface area contributed by atoms with Crippen LogP contribution in [0.15, 0.2) is 0 Å². The zero-order valence-electron chi connectivity index (χ0n) is 7.66. The molecule has 12 heavy (non-hydrogen) atoms. The van der Waals surface area contributed by atoms with Crippen LogP contribution in [-0.4, -0.2) is 26.5 Å². The van der Waals surface area contributed by atoms with E-state index in [4.69, 9.17) is 5.73 Å². The molecule has 0 bridgehead atoms. The highest BCUT2D eigenvalue weighted by Gasteiger charge is 2.35. The molecule has 0 heterocycles. The maximum absolute atomic E-state index is 11.2. The van der Waals surface area contributed by atoms with Crippen LogP contribution in [0.4, 0.5) is 0 Å². The van der Waals surface area contributed by atoms with E-state index in [1.54, 1.807) is 0 Å². The SMILES string of the molecule is C[C@@H]1C[C@H](S(C)(=O)=O)C[C@@H]1CN. The van der Waals surface area contributed by atoms with Crippen molar-refractivity contribution in [2.24, 2.45) is 17.6 Å². The lowest BCUT2D eigenvalue weighted by Crippen LogP contribution is -2.18. The third-order valence-corrected chi connectivity index (χ3v) is 4.51. The molecule has 0 amide bonds. The molecule has 0 saturated heterocycles. The minimum Gasteiger partial charge on any atom is -0.330 e. The highest BCUT2D eigenvalue weighted by molar-refractivity contribution is 7.91. The van der Waals surface area contributed by atoms with E-state index in [1.807, 2.05) is 0 Å². The maximum atomic E-state index is 11.2. The second-order valence-corrected chi connectivity index (χ2v) is 6.22. The van der Waals surface area contributed by atoms with Crippen molar-refractivity contribution in [2.75, 3.05) is 12.8 Å². The van der Waals surface area contributed by atoms with E-state index in [1.165, 1.54) is 6.26 Å². The van der Waals surface area contributed by atoms with Crippen molar-refractivity contribution in [1.82, 2.24) is 0 Å². The van der Waals surface area contributed by atoms with Gasteiger partial charge in [0.2, 0.25) is 0 Å². The van der Waals surface area contributed by atoms with Crippen LogP contribution in [0, 0.1) is 11.8 Å². The average Bonchev–Trinajstić information content (AvgIpc) is 2.29. The van der Waals surface area contributed by atoms with E-state index in [0.29, 0.717) is 18.4 Å². The zero-order valence-corrected chi connectivity index (χ0v) is 8.47. The Kier molecular flexibility index (Phi) is 2.78. The van der Waals surface area contributed by atoms with Gasteiger partial charge in [0.1, 0.15) is 9.84 Å². The lowest BCUT2D eigenvalue weighted by molar-refractivity contribution is 0.429. The van der Waals surface area contributed by atoms with Crippen LogP contribution in [0.1, 0.15) is 19.8 Å². The minimum absolute atomic E-state index is 0.138. The summed E-state index contributed by atoms with van der Waals surface area (Å²) in [6, 6.07) is 0. The summed E-state index contributed by atoms with van der Waals surface area (Å²) in [5.41, 5.74) is 5.53. The molecule has 1 fully saturated rings. The predicted molar refractivity (Wildman–Crippen MR) is 49.6 cm³/mol. The molecule has 3 nitrogen and oxygen atoms in total. The van der Waals surface area contributed by atoms with E-state index >= 15 is 0 Å². The Bertz CT molecular complexity index is 248. The molecular formula is C8H17NO2S. The number of hydrogen-bond donors (Lipinski definition) is 1. The molecule has 0 spiro atoms. The molecule has 1 aliphatic carbocycles. The Morgan fingerprint density at radius 3 is 2.25 bits per heavy atom. The smallest absolute Gasteiger partial charge is 0.150 e. The van der Waals surface area contributed by atoms with Crippen molar-refractivity contribution < 1.29 is 8.42 Å². The summed E-state index contributed by atoms with van der Waals surface area (Å²) < 4.78 is 22.4. The topological polar surface area (TPSA) is 60.2 Å². The molecule has 3 atom stereocenters. The molecule has 0 aromatic rings. The lowest BCUT2D eigenvalue weighted by Gasteiger charge is -2.10. The van der Waals surface area contributed by atoms with Crippen molar-refractivity contribution in [3.05, 3.63) is 0 Å². The average molecular weight is 191 g/mol. The number of nitrogens with two attached hydrogens (primary N) is 1. The van der Waals surface area contributed by atoms with E-state index < -0.39 is 9.84 Å². The van der Waals surface area contributed by atoms with Crippen molar-refractivity contribution >= 4 is 9.84 Å². The van der Waals surface area contributed by atoms with Crippen molar-refractivity contribution in [3.8, 4) is 0 Å². The Morgan fingerprint density at radius 2 is 2.00 bits per heavy atom. The second kappa shape index (κ2) is 3.34. The van der Waals surface area contributed by atoms with Gasteiger partial charge >= 0.3 is 0 Å². The van der Waals surface area contributed by atoms with Crippen molar-refractivity contribution in [1.29, 1.82) is 0 Å². The van der Waals surface area contributed by atoms with E-state index in [9.17, 15) is 8.42 Å². The van der Waals surface area contributed by atoms with Gasteiger partial charge in [-0.3, -0.25) is 0 Å². The summed E-state index contributed by atoms with van der Waals surface area (Å²) >= 11 is 0. The summed E-state index contributed by atoms with van der Waals surface area (Å²) in [6.45, 7) is 2.70. The molecule has 0 aromatic carbocycles. The highest BCUT2D eigenvalue weighted by Crippen LogP contribution is 2.34. The van der Waals surface area contributed by atoms with Gasteiger partial charge in [-0.2, -0.15) is 0 Å². The minimum atomic E-state index is -2.83. The summed E-state index contributed by atoms with van der Waals surface area (Å²) in [6.07, 6.45) is 2.88. The standard InChI is InChI=1S/C8H17NO2S/c1-6-3-8(12(2,10)11)4-7(6)5-9/h6-8H,3-5,9H2,1-2H3/t6-,7-,8+/m1/s1. The number of rotatable bonds is 2. The first-order valence-corrected chi connectivity index (χ1v) is 6.29. The van der Waals surface area contributed by atoms with Gasteiger partial charge in [0.25, 0.3) is 0 Å². The van der Waals surface area contributed by atoms with E-state index in [-0.39, 0.29) is 5.25 Å². The quantitative estimate of drug-likeness (QED) is 0.687. The van der Waals surface area contributed by atoms with Crippen LogP contribution in [-0.2, 0) is 9.84 Å². The predicted octanol–water partition coefficient (Wildman–Crippen LogP) is 0.404. The van der Waals surface area contributed by atoms with Gasteiger partial charge in [-0.1, -0.05) is 6.92 Å². The van der Waals surface area contributed by atoms with Gasteiger partial charge in [0, 0.05) is 6.26 Å². The first-order valence-electron chi connectivity index (χ1n) is 4.34. The van der Waals surface area contributed by atoms with Crippen LogP contribution in [0.3, 0.4) is 0 Å². The third kappa shape index (κ3) is 1.98. The van der Waals surface area contributed by atoms with E-state index in [2.05, 4.69) is 6.92 Å². The van der Waals surface area contributed by atoms with Crippen LogP contribution in [0.2, 0.25) is 0 Å². The van der Waals surface area contributed by atoms with E-state index in [0.717, 1.165) is 12.8 Å². The fourth-order valence-corrected chi connectivity index (χ4v) is 3.20. The number of sulfone groups is 1. The van der Waals surface area contributed by atoms with Crippen LogP contribution in [0.25, 0.3) is 0 Å². The number of hydrogen-bond acceptors (Lipinski definition) is 3. The molecule has 0 aromatic heterocycles. The molecule has 0 radical (unpaired) electrons. The Labute approximate surface area is 74.3 Å². The van der Waals surface area contributed by atoms with Crippen LogP contribution >= 0.6 is 0 Å². The van der Waals surface area contributed by atoms with Gasteiger partial charge in [-0.25, -0.2) is 8.42 Å². The summed E-state index contributed by atoms with van der Waals surface area (Å²) in [5, 5.41) is -0.138. The van der Waals surface area contributed by atoms with Gasteiger partial charge in [0.15, 0.2) is 0 Å². The first-order chi connectivity index (χ1) is 5.45.